The molecule has 7 nitrogen and oxygen atoms in total. The predicted octanol–water partition coefficient (Wildman–Crippen LogP) is 2.58. The highest BCUT2D eigenvalue weighted by molar-refractivity contribution is 5.88. The van der Waals surface area contributed by atoms with Crippen LogP contribution in [-0.4, -0.2) is 58.6 Å². The van der Waals surface area contributed by atoms with Gasteiger partial charge in [-0.2, -0.15) is 0 Å². The molecule has 27 heavy (non-hydrogen) atoms. The number of likely N-dealkylation sites (tertiary alicyclic amines) is 1. The third-order valence-corrected chi connectivity index (χ3v) is 5.60. The number of rotatable bonds is 8. The summed E-state index contributed by atoms with van der Waals surface area (Å²) in [6.07, 6.45) is 5.87. The number of esters is 1. The molecule has 0 bridgehead atoms. The Kier molecular flexibility index (Phi) is 9.22. The summed E-state index contributed by atoms with van der Waals surface area (Å²) in [6.45, 7) is 5.72. The highest BCUT2D eigenvalue weighted by atomic mass is 16.5. The van der Waals surface area contributed by atoms with Gasteiger partial charge in [-0.25, -0.2) is 4.79 Å². The third-order valence-electron chi connectivity index (χ3n) is 5.60. The summed E-state index contributed by atoms with van der Waals surface area (Å²) in [5.41, 5.74) is 0. The lowest BCUT2D eigenvalue weighted by Crippen LogP contribution is -2.55. The maximum Gasteiger partial charge on any atom is 0.326 e. The summed E-state index contributed by atoms with van der Waals surface area (Å²) in [6, 6.07) is -1.92. The van der Waals surface area contributed by atoms with E-state index in [1.165, 1.54) is 0 Å². The van der Waals surface area contributed by atoms with Gasteiger partial charge in [0, 0.05) is 6.04 Å². The van der Waals surface area contributed by atoms with Crippen molar-refractivity contribution in [3.05, 3.63) is 0 Å². The van der Waals surface area contributed by atoms with Crippen LogP contribution >= 0.6 is 0 Å². The van der Waals surface area contributed by atoms with E-state index in [0.29, 0.717) is 19.4 Å². The van der Waals surface area contributed by atoms with Crippen molar-refractivity contribution in [3.8, 4) is 0 Å². The van der Waals surface area contributed by atoms with Gasteiger partial charge in [0.2, 0.25) is 5.91 Å². The molecule has 1 amide bonds. The number of nitrogens with one attached hydrogen (secondary N) is 1. The van der Waals surface area contributed by atoms with E-state index >= 15 is 0 Å². The van der Waals surface area contributed by atoms with Gasteiger partial charge in [-0.15, -0.1) is 0 Å². The quantitative estimate of drug-likeness (QED) is 0.625. The smallest absolute Gasteiger partial charge is 0.326 e. The lowest BCUT2D eigenvalue weighted by molar-refractivity contribution is -0.152. The Bertz CT molecular complexity index is 525. The molecule has 1 aliphatic heterocycles. The fourth-order valence-electron chi connectivity index (χ4n) is 4.39. The molecule has 2 aliphatic rings. The second kappa shape index (κ2) is 10.6. The SMILES string of the molecule is C.CCC[C@H](N[C@@H](C)C(=O)N1[C@H](C(=O)O)C[C@@H]2CCCC[C@@H]21)C(=O)OCC. The second-order valence-electron chi connectivity index (χ2n) is 7.43. The molecule has 0 unspecified atom stereocenters. The molecule has 2 N–H and O–H groups in total. The van der Waals surface area contributed by atoms with Crippen molar-refractivity contribution in [1.29, 1.82) is 0 Å². The van der Waals surface area contributed by atoms with Gasteiger partial charge in [-0.1, -0.05) is 33.6 Å². The maximum absolute atomic E-state index is 13.1. The Labute approximate surface area is 162 Å². The van der Waals surface area contributed by atoms with Crippen molar-refractivity contribution >= 4 is 17.8 Å². The summed E-state index contributed by atoms with van der Waals surface area (Å²) in [7, 11) is 0. The zero-order chi connectivity index (χ0) is 19.3. The van der Waals surface area contributed by atoms with Gasteiger partial charge in [0.05, 0.1) is 12.6 Å². The molecule has 1 heterocycles. The first-order valence-corrected chi connectivity index (χ1v) is 9.88. The zero-order valence-electron chi connectivity index (χ0n) is 16.1. The molecule has 0 aromatic heterocycles. The Balaban J connectivity index is 0.00000364. The van der Waals surface area contributed by atoms with Crippen molar-refractivity contribution in [3.63, 3.8) is 0 Å². The summed E-state index contributed by atoms with van der Waals surface area (Å²) in [5.74, 6) is -1.24. The minimum atomic E-state index is -0.935. The third kappa shape index (κ3) is 5.43. The van der Waals surface area contributed by atoms with E-state index in [1.54, 1.807) is 18.7 Å². The molecular formula is C20H36N2O5. The molecule has 0 spiro atoms. The average Bonchev–Trinajstić information content (AvgIpc) is 3.00. The molecule has 1 saturated carbocycles. The molecule has 2 rings (SSSR count). The number of carbonyl (C=O) groups excluding carboxylic acids is 2. The largest absolute Gasteiger partial charge is 0.480 e. The van der Waals surface area contributed by atoms with Gasteiger partial charge >= 0.3 is 11.9 Å². The van der Waals surface area contributed by atoms with Gasteiger partial charge in [0.25, 0.3) is 0 Å². The van der Waals surface area contributed by atoms with Gasteiger partial charge in [0.15, 0.2) is 0 Å². The monoisotopic (exact) mass is 384 g/mol. The Morgan fingerprint density at radius 2 is 1.89 bits per heavy atom. The fraction of sp³-hybridized carbons (Fsp3) is 0.850. The number of hydrogen-bond acceptors (Lipinski definition) is 5. The van der Waals surface area contributed by atoms with E-state index in [-0.39, 0.29) is 31.3 Å². The fourth-order valence-corrected chi connectivity index (χ4v) is 4.39. The summed E-state index contributed by atoms with van der Waals surface area (Å²) in [5, 5.41) is 12.7. The van der Waals surface area contributed by atoms with Gasteiger partial charge in [-0.3, -0.25) is 14.9 Å². The van der Waals surface area contributed by atoms with E-state index in [4.69, 9.17) is 4.74 Å². The van der Waals surface area contributed by atoms with E-state index in [0.717, 1.165) is 32.1 Å². The molecule has 156 valence electrons. The average molecular weight is 385 g/mol. The van der Waals surface area contributed by atoms with E-state index in [1.807, 2.05) is 6.92 Å². The normalized spacial score (nSPS) is 26.5. The van der Waals surface area contributed by atoms with Crippen LogP contribution in [-0.2, 0) is 19.1 Å². The Morgan fingerprint density at radius 3 is 2.48 bits per heavy atom. The van der Waals surface area contributed by atoms with E-state index < -0.39 is 24.1 Å². The standard InChI is InChI=1S/C19H32N2O5.CH4/c1-4-8-14(19(25)26-5-2)20-12(3)17(22)21-15-10-7-6-9-13(15)11-16(21)18(23)24;/h12-16,20H,4-11H2,1-3H3,(H,23,24);1H4/t12-,13-,14-,15-,16-;/m0./s1. The first-order valence-electron chi connectivity index (χ1n) is 9.88. The highest BCUT2D eigenvalue weighted by Gasteiger charge is 2.48. The first kappa shape index (κ1) is 23.4. The number of ether oxygens (including phenoxy) is 1. The second-order valence-corrected chi connectivity index (χ2v) is 7.43. The van der Waals surface area contributed by atoms with Crippen LogP contribution in [0.4, 0.5) is 0 Å². The first-order chi connectivity index (χ1) is 12.4. The van der Waals surface area contributed by atoms with Crippen molar-refractivity contribution in [2.75, 3.05) is 6.61 Å². The van der Waals surface area contributed by atoms with Gasteiger partial charge in [0.1, 0.15) is 12.1 Å². The maximum atomic E-state index is 13.1. The Morgan fingerprint density at radius 1 is 1.22 bits per heavy atom. The molecule has 5 atom stereocenters. The zero-order valence-corrected chi connectivity index (χ0v) is 16.1. The van der Waals surface area contributed by atoms with Crippen LogP contribution in [0.15, 0.2) is 0 Å². The molecule has 0 aromatic rings. The Hall–Kier alpha value is -1.63. The molecular weight excluding hydrogens is 348 g/mol. The topological polar surface area (TPSA) is 95.9 Å². The molecule has 7 heteroatoms. The number of carboxylic acid groups (broad SMARTS) is 1. The van der Waals surface area contributed by atoms with Gasteiger partial charge in [-0.05, 0) is 45.4 Å². The number of carbonyl (C=O) groups is 3. The van der Waals surface area contributed by atoms with Crippen molar-refractivity contribution in [2.45, 2.75) is 97.3 Å². The van der Waals surface area contributed by atoms with E-state index in [2.05, 4.69) is 5.32 Å². The number of fused-ring (bicyclic) bond motifs is 1. The molecule has 2 fully saturated rings. The number of hydrogen-bond donors (Lipinski definition) is 2. The van der Waals surface area contributed by atoms with Crippen LogP contribution in [0.1, 0.15) is 73.1 Å². The van der Waals surface area contributed by atoms with Crippen molar-refractivity contribution in [2.24, 2.45) is 5.92 Å². The van der Waals surface area contributed by atoms with Crippen LogP contribution in [0.3, 0.4) is 0 Å². The van der Waals surface area contributed by atoms with Crippen molar-refractivity contribution in [1.82, 2.24) is 10.2 Å². The lowest BCUT2D eigenvalue weighted by atomic mass is 9.84. The van der Waals surface area contributed by atoms with Crippen molar-refractivity contribution < 1.29 is 24.2 Å². The minimum Gasteiger partial charge on any atom is -0.480 e. The van der Waals surface area contributed by atoms with Crippen LogP contribution in [0, 0.1) is 5.92 Å². The highest BCUT2D eigenvalue weighted by Crippen LogP contribution is 2.40. The number of nitrogens with zero attached hydrogens (tertiary/aromatic N) is 1. The van der Waals surface area contributed by atoms with Gasteiger partial charge < -0.3 is 14.7 Å². The molecule has 0 radical (unpaired) electrons. The predicted molar refractivity (Wildman–Crippen MR) is 103 cm³/mol. The van der Waals surface area contributed by atoms with Crippen LogP contribution in [0.2, 0.25) is 0 Å². The van der Waals surface area contributed by atoms with Crippen LogP contribution < -0.4 is 5.32 Å². The molecule has 1 saturated heterocycles. The minimum absolute atomic E-state index is 0. The molecule has 1 aliphatic carbocycles. The number of amides is 1. The summed E-state index contributed by atoms with van der Waals surface area (Å²) >= 11 is 0. The summed E-state index contributed by atoms with van der Waals surface area (Å²) in [4.78, 5) is 38.5. The summed E-state index contributed by atoms with van der Waals surface area (Å²) < 4.78 is 5.09. The van der Waals surface area contributed by atoms with Crippen LogP contribution in [0.5, 0.6) is 0 Å². The number of aliphatic carboxylic acids is 1. The molecule has 0 aromatic carbocycles. The van der Waals surface area contributed by atoms with Crippen LogP contribution in [0.25, 0.3) is 0 Å². The lowest BCUT2D eigenvalue weighted by Gasteiger charge is -2.35. The number of carboxylic acids is 1. The van der Waals surface area contributed by atoms with E-state index in [9.17, 15) is 19.5 Å².